The van der Waals surface area contributed by atoms with Gasteiger partial charge < -0.3 is 15.2 Å². The zero-order valence-corrected chi connectivity index (χ0v) is 12.4. The summed E-state index contributed by atoms with van der Waals surface area (Å²) in [5, 5.41) is 0.551. The van der Waals surface area contributed by atoms with E-state index in [1.165, 1.54) is 13.2 Å². The Morgan fingerprint density at radius 1 is 1.29 bits per heavy atom. The quantitative estimate of drug-likeness (QED) is 0.891. The lowest BCUT2D eigenvalue weighted by atomic mass is 10.1. The van der Waals surface area contributed by atoms with Crippen molar-refractivity contribution in [3.8, 4) is 11.5 Å². The van der Waals surface area contributed by atoms with Crippen molar-refractivity contribution in [1.29, 1.82) is 0 Å². The van der Waals surface area contributed by atoms with E-state index in [1.807, 2.05) is 0 Å². The summed E-state index contributed by atoms with van der Waals surface area (Å²) in [6.45, 7) is 0.641. The van der Waals surface area contributed by atoms with Gasteiger partial charge in [-0.1, -0.05) is 11.6 Å². The van der Waals surface area contributed by atoms with Crippen molar-refractivity contribution in [2.45, 2.75) is 13.0 Å². The van der Waals surface area contributed by atoms with Crippen LogP contribution in [0.3, 0.4) is 0 Å². The predicted octanol–water partition coefficient (Wildman–Crippen LogP) is 2.96. The minimum atomic E-state index is -0.402. The van der Waals surface area contributed by atoms with E-state index < -0.39 is 5.82 Å². The maximum Gasteiger partial charge on any atom is 0.165 e. The molecule has 2 rings (SSSR count). The van der Waals surface area contributed by atoms with E-state index >= 15 is 0 Å². The molecule has 1 heterocycles. The maximum absolute atomic E-state index is 13.1. The average Bonchev–Trinajstić information content (AvgIpc) is 2.46. The monoisotopic (exact) mass is 310 g/mol. The number of hydrogen-bond donors (Lipinski definition) is 1. The molecule has 2 N–H and O–H groups in total. The van der Waals surface area contributed by atoms with E-state index in [2.05, 4.69) is 4.98 Å². The van der Waals surface area contributed by atoms with Crippen molar-refractivity contribution >= 4 is 11.6 Å². The molecule has 1 aromatic carbocycles. The molecule has 0 radical (unpaired) electrons. The van der Waals surface area contributed by atoms with Gasteiger partial charge in [0.2, 0.25) is 0 Å². The summed E-state index contributed by atoms with van der Waals surface area (Å²) in [5.41, 5.74) is 7.08. The molecule has 0 saturated carbocycles. The Labute approximate surface area is 127 Å². The van der Waals surface area contributed by atoms with Gasteiger partial charge in [0.1, 0.15) is 12.4 Å². The van der Waals surface area contributed by atoms with Gasteiger partial charge in [0.15, 0.2) is 11.5 Å². The van der Waals surface area contributed by atoms with Gasteiger partial charge in [-0.15, -0.1) is 0 Å². The molecule has 0 saturated heterocycles. The predicted molar refractivity (Wildman–Crippen MR) is 79.3 cm³/mol. The summed E-state index contributed by atoms with van der Waals surface area (Å²) < 4.78 is 24.2. The fraction of sp³-hybridized carbons (Fsp3) is 0.267. The number of rotatable bonds is 6. The summed E-state index contributed by atoms with van der Waals surface area (Å²) in [6.07, 6.45) is 3.30. The smallest absolute Gasteiger partial charge is 0.165 e. The molecule has 0 aliphatic carbocycles. The zero-order chi connectivity index (χ0) is 15.2. The van der Waals surface area contributed by atoms with Gasteiger partial charge in [-0.25, -0.2) is 4.39 Å². The first kappa shape index (κ1) is 15.5. The van der Waals surface area contributed by atoms with Crippen molar-refractivity contribution in [2.75, 3.05) is 13.7 Å². The second-order valence-corrected chi connectivity index (χ2v) is 4.87. The lowest BCUT2D eigenvalue weighted by Gasteiger charge is -2.15. The van der Waals surface area contributed by atoms with Gasteiger partial charge in [-0.3, -0.25) is 4.98 Å². The molecule has 0 aliphatic rings. The van der Waals surface area contributed by atoms with Crippen LogP contribution < -0.4 is 15.2 Å². The zero-order valence-electron chi connectivity index (χ0n) is 11.6. The van der Waals surface area contributed by atoms with Gasteiger partial charge in [-0.2, -0.15) is 0 Å². The number of nitrogens with two attached hydrogens (primary N) is 1. The Kier molecular flexibility index (Phi) is 5.36. The van der Waals surface area contributed by atoms with E-state index in [9.17, 15) is 4.39 Å². The molecule has 0 unspecified atom stereocenters. The van der Waals surface area contributed by atoms with E-state index in [4.69, 9.17) is 26.8 Å². The summed E-state index contributed by atoms with van der Waals surface area (Å²) in [5.74, 6) is 0.688. The van der Waals surface area contributed by atoms with E-state index in [0.29, 0.717) is 35.1 Å². The molecule has 4 nitrogen and oxygen atoms in total. The molecular formula is C15H16ClFN2O2. The molecule has 0 spiro atoms. The number of nitrogens with zero attached hydrogens (tertiary/aromatic N) is 1. The first-order valence-corrected chi connectivity index (χ1v) is 6.80. The van der Waals surface area contributed by atoms with Crippen LogP contribution in [0.4, 0.5) is 4.39 Å². The summed E-state index contributed by atoms with van der Waals surface area (Å²) in [7, 11) is 1.54. The van der Waals surface area contributed by atoms with Crippen LogP contribution in [-0.4, -0.2) is 18.6 Å². The number of aromatic nitrogens is 1. The van der Waals surface area contributed by atoms with Crippen molar-refractivity contribution in [2.24, 2.45) is 5.73 Å². The Hall–Kier alpha value is -1.85. The van der Waals surface area contributed by atoms with Crippen molar-refractivity contribution in [3.05, 3.63) is 52.6 Å². The maximum atomic E-state index is 13.1. The number of methoxy groups -OCH3 is 1. The topological polar surface area (TPSA) is 57.4 Å². The van der Waals surface area contributed by atoms with Crippen LogP contribution in [0.2, 0.25) is 5.02 Å². The largest absolute Gasteiger partial charge is 0.493 e. The fourth-order valence-corrected chi connectivity index (χ4v) is 2.20. The van der Waals surface area contributed by atoms with Gasteiger partial charge in [0.05, 0.1) is 13.3 Å². The van der Waals surface area contributed by atoms with Crippen molar-refractivity contribution < 1.29 is 13.9 Å². The Bertz CT molecular complexity index is 623. The first-order chi connectivity index (χ1) is 10.1. The fourth-order valence-electron chi connectivity index (χ4n) is 1.97. The van der Waals surface area contributed by atoms with Crippen LogP contribution in [0.15, 0.2) is 30.6 Å². The number of hydrogen-bond acceptors (Lipinski definition) is 4. The number of pyridine rings is 1. The lowest BCUT2D eigenvalue weighted by Crippen LogP contribution is -2.07. The molecule has 0 aliphatic heterocycles. The van der Waals surface area contributed by atoms with Crippen molar-refractivity contribution in [3.63, 3.8) is 0 Å². The second-order valence-electron chi connectivity index (χ2n) is 4.44. The highest BCUT2D eigenvalue weighted by molar-refractivity contribution is 6.30. The lowest BCUT2D eigenvalue weighted by molar-refractivity contribution is 0.280. The molecule has 6 heteroatoms. The third-order valence-electron chi connectivity index (χ3n) is 2.87. The van der Waals surface area contributed by atoms with Crippen LogP contribution in [-0.2, 0) is 13.0 Å². The van der Waals surface area contributed by atoms with Gasteiger partial charge in [-0.05, 0) is 25.1 Å². The standard InChI is InChI=1S/C15H16ClFN2O2/c1-20-14-6-12(16)5-11(2-3-18)15(14)21-9-10-4-13(17)8-19-7-10/h4-8H,2-3,9,18H2,1H3. The van der Waals surface area contributed by atoms with Gasteiger partial charge >= 0.3 is 0 Å². The molecule has 21 heavy (non-hydrogen) atoms. The minimum absolute atomic E-state index is 0.181. The Morgan fingerprint density at radius 2 is 2.10 bits per heavy atom. The number of halogens is 2. The average molecular weight is 311 g/mol. The van der Waals surface area contributed by atoms with Crippen LogP contribution in [0, 0.1) is 5.82 Å². The Balaban J connectivity index is 2.25. The van der Waals surface area contributed by atoms with Crippen LogP contribution in [0.1, 0.15) is 11.1 Å². The molecular weight excluding hydrogens is 295 g/mol. The summed E-state index contributed by atoms with van der Waals surface area (Å²) in [4.78, 5) is 3.78. The van der Waals surface area contributed by atoms with Crippen LogP contribution in [0.5, 0.6) is 11.5 Å². The highest BCUT2D eigenvalue weighted by Gasteiger charge is 2.13. The SMILES string of the molecule is COc1cc(Cl)cc(CCN)c1OCc1cncc(F)c1. The third kappa shape index (κ3) is 4.06. The highest BCUT2D eigenvalue weighted by atomic mass is 35.5. The summed E-state index contributed by atoms with van der Waals surface area (Å²) >= 11 is 6.04. The molecule has 0 atom stereocenters. The minimum Gasteiger partial charge on any atom is -0.493 e. The first-order valence-electron chi connectivity index (χ1n) is 6.42. The van der Waals surface area contributed by atoms with E-state index in [-0.39, 0.29) is 6.61 Å². The van der Waals surface area contributed by atoms with E-state index in [0.717, 1.165) is 11.8 Å². The number of ether oxygens (including phenoxy) is 2. The van der Waals surface area contributed by atoms with Crippen LogP contribution in [0.25, 0.3) is 0 Å². The molecule has 0 bridgehead atoms. The molecule has 112 valence electrons. The van der Waals surface area contributed by atoms with Crippen LogP contribution >= 0.6 is 11.6 Å². The molecule has 0 amide bonds. The molecule has 0 fully saturated rings. The molecule has 1 aromatic heterocycles. The van der Waals surface area contributed by atoms with Gasteiger partial charge in [0.25, 0.3) is 0 Å². The Morgan fingerprint density at radius 3 is 2.76 bits per heavy atom. The molecule has 2 aromatic rings. The number of benzene rings is 1. The third-order valence-corrected chi connectivity index (χ3v) is 3.09. The highest BCUT2D eigenvalue weighted by Crippen LogP contribution is 2.35. The normalized spacial score (nSPS) is 10.5. The summed E-state index contributed by atoms with van der Waals surface area (Å²) in [6, 6.07) is 4.83. The van der Waals surface area contributed by atoms with E-state index in [1.54, 1.807) is 18.3 Å². The van der Waals surface area contributed by atoms with Crippen molar-refractivity contribution in [1.82, 2.24) is 4.98 Å². The second kappa shape index (κ2) is 7.24. The van der Waals surface area contributed by atoms with Gasteiger partial charge in [0, 0.05) is 28.4 Å².